The summed E-state index contributed by atoms with van der Waals surface area (Å²) in [5.41, 5.74) is 0.821. The molecule has 1 aromatic carbocycles. The van der Waals surface area contributed by atoms with Crippen LogP contribution >= 0.6 is 0 Å². The molecular weight excluding hydrogens is 407 g/mol. The molecule has 1 aliphatic heterocycles. The number of hydrogen-bond donors (Lipinski definition) is 3. The monoisotopic (exact) mass is 432 g/mol. The van der Waals surface area contributed by atoms with E-state index in [9.17, 15) is 23.6 Å². The highest BCUT2D eigenvalue weighted by atomic mass is 19.1. The van der Waals surface area contributed by atoms with E-state index >= 15 is 0 Å². The summed E-state index contributed by atoms with van der Waals surface area (Å²) in [6.45, 7) is 4.62. The van der Waals surface area contributed by atoms with Crippen LogP contribution in [-0.2, 0) is 16.0 Å². The van der Waals surface area contributed by atoms with Gasteiger partial charge in [-0.2, -0.15) is 0 Å². The normalized spacial score (nSPS) is 15.1. The van der Waals surface area contributed by atoms with Crippen molar-refractivity contribution in [1.29, 1.82) is 0 Å². The van der Waals surface area contributed by atoms with E-state index in [1.807, 2.05) is 0 Å². The van der Waals surface area contributed by atoms with E-state index in [1.165, 1.54) is 17.9 Å². The number of aromatic nitrogens is 1. The largest absolute Gasteiger partial charge is 0.465 e. The number of aryl methyl sites for hydroxylation is 2. The number of carboxylic acid groups (broad SMARTS) is 1. The van der Waals surface area contributed by atoms with Crippen LogP contribution in [0.4, 0.5) is 9.18 Å². The Hall–Kier alpha value is -3.43. The number of fused-ring (bicyclic) bond motifs is 1. The Morgan fingerprint density at radius 2 is 1.84 bits per heavy atom. The first-order chi connectivity index (χ1) is 14.7. The van der Waals surface area contributed by atoms with Crippen LogP contribution in [0.15, 0.2) is 23.0 Å². The van der Waals surface area contributed by atoms with Gasteiger partial charge in [-0.05, 0) is 43.4 Å². The van der Waals surface area contributed by atoms with Crippen LogP contribution in [0.5, 0.6) is 0 Å². The number of piperazine rings is 1. The van der Waals surface area contributed by atoms with Crippen molar-refractivity contribution in [3.8, 4) is 0 Å². The Labute approximate surface area is 177 Å². The third kappa shape index (κ3) is 5.01. The molecule has 0 unspecified atom stereocenters. The van der Waals surface area contributed by atoms with Gasteiger partial charge < -0.3 is 25.2 Å². The molecule has 3 rings (SSSR count). The summed E-state index contributed by atoms with van der Waals surface area (Å²) in [7, 11) is 0. The molecule has 1 aromatic heterocycles. The predicted molar refractivity (Wildman–Crippen MR) is 111 cm³/mol. The minimum absolute atomic E-state index is 0.0162. The summed E-state index contributed by atoms with van der Waals surface area (Å²) in [5, 5.41) is 11.4. The molecular formula is C21H25FN4O5. The maximum atomic E-state index is 14.0. The highest BCUT2D eigenvalue weighted by Crippen LogP contribution is 2.19. The van der Waals surface area contributed by atoms with E-state index in [2.05, 4.69) is 10.3 Å². The third-order valence-corrected chi connectivity index (χ3v) is 5.50. The molecule has 31 heavy (non-hydrogen) atoms. The molecule has 1 aliphatic rings. The van der Waals surface area contributed by atoms with Crippen molar-refractivity contribution >= 4 is 28.7 Å². The number of rotatable bonds is 5. The quantitative estimate of drug-likeness (QED) is 0.656. The second kappa shape index (κ2) is 9.15. The van der Waals surface area contributed by atoms with Gasteiger partial charge >= 0.3 is 6.09 Å². The van der Waals surface area contributed by atoms with E-state index < -0.39 is 23.5 Å². The maximum Gasteiger partial charge on any atom is 0.405 e. The lowest BCUT2D eigenvalue weighted by molar-refractivity contribution is -0.140. The molecule has 1 fully saturated rings. The predicted octanol–water partition coefficient (Wildman–Crippen LogP) is 1.24. The molecule has 0 bridgehead atoms. The molecule has 2 aromatic rings. The van der Waals surface area contributed by atoms with Gasteiger partial charge in [0.05, 0.1) is 5.39 Å². The Morgan fingerprint density at radius 3 is 2.48 bits per heavy atom. The second-order valence-corrected chi connectivity index (χ2v) is 7.65. The zero-order chi connectivity index (χ0) is 22.7. The van der Waals surface area contributed by atoms with Gasteiger partial charge in [-0.1, -0.05) is 6.07 Å². The molecule has 3 amide bonds. The molecule has 9 nitrogen and oxygen atoms in total. The van der Waals surface area contributed by atoms with Gasteiger partial charge in [-0.25, -0.2) is 9.18 Å². The highest BCUT2D eigenvalue weighted by Gasteiger charge is 2.27. The number of halogens is 1. The summed E-state index contributed by atoms with van der Waals surface area (Å²) in [5.74, 6) is -1.02. The molecule has 0 spiro atoms. The molecule has 2 heterocycles. The topological polar surface area (TPSA) is 123 Å². The summed E-state index contributed by atoms with van der Waals surface area (Å²) in [6, 6.07) is 3.73. The van der Waals surface area contributed by atoms with Gasteiger partial charge in [-0.3, -0.25) is 14.4 Å². The van der Waals surface area contributed by atoms with Crippen molar-refractivity contribution in [2.24, 2.45) is 0 Å². The maximum absolute atomic E-state index is 14.0. The summed E-state index contributed by atoms with van der Waals surface area (Å²) in [4.78, 5) is 53.6. The van der Waals surface area contributed by atoms with Gasteiger partial charge in [0.2, 0.25) is 11.8 Å². The Bertz CT molecular complexity index is 1080. The summed E-state index contributed by atoms with van der Waals surface area (Å²) >= 11 is 0. The zero-order valence-electron chi connectivity index (χ0n) is 17.4. The zero-order valence-corrected chi connectivity index (χ0v) is 17.4. The SMILES string of the molecule is Cc1ccc(F)c2c(=O)[nH]c(CCC(=O)N3CCN(C(=O)[C@H](C)NC(=O)O)CC3)cc12. The number of benzene rings is 1. The summed E-state index contributed by atoms with van der Waals surface area (Å²) < 4.78 is 14.0. The van der Waals surface area contributed by atoms with Crippen molar-refractivity contribution in [2.45, 2.75) is 32.7 Å². The summed E-state index contributed by atoms with van der Waals surface area (Å²) in [6.07, 6.45) is -0.793. The van der Waals surface area contributed by atoms with Crippen molar-refractivity contribution in [3.05, 3.63) is 45.6 Å². The Morgan fingerprint density at radius 1 is 1.19 bits per heavy atom. The molecule has 166 valence electrons. The van der Waals surface area contributed by atoms with Crippen LogP contribution in [0.3, 0.4) is 0 Å². The van der Waals surface area contributed by atoms with Crippen LogP contribution < -0.4 is 10.9 Å². The molecule has 0 saturated carbocycles. The standard InChI is InChI=1S/C21H25FN4O5/c1-12-3-5-16(22)18-15(12)11-14(24-19(18)28)4-6-17(27)25-7-9-26(10-8-25)20(29)13(2)23-21(30)31/h3,5,11,13,23H,4,6-10H2,1-2H3,(H,24,28)(H,30,31)/t13-/m0/s1. The lowest BCUT2D eigenvalue weighted by Crippen LogP contribution is -2.55. The fourth-order valence-corrected chi connectivity index (χ4v) is 3.76. The van der Waals surface area contributed by atoms with Crippen molar-refractivity contribution in [2.75, 3.05) is 26.2 Å². The van der Waals surface area contributed by atoms with Crippen LogP contribution in [-0.4, -0.2) is 70.0 Å². The van der Waals surface area contributed by atoms with E-state index in [-0.39, 0.29) is 23.6 Å². The first kappa shape index (κ1) is 22.3. The van der Waals surface area contributed by atoms with Gasteiger partial charge in [-0.15, -0.1) is 0 Å². The lowest BCUT2D eigenvalue weighted by atomic mass is 10.0. The van der Waals surface area contributed by atoms with Gasteiger partial charge in [0.1, 0.15) is 11.9 Å². The second-order valence-electron chi connectivity index (χ2n) is 7.65. The number of carbonyl (C=O) groups is 3. The van der Waals surface area contributed by atoms with Crippen LogP contribution in [0, 0.1) is 12.7 Å². The number of H-pyrrole nitrogens is 1. The fourth-order valence-electron chi connectivity index (χ4n) is 3.76. The first-order valence-corrected chi connectivity index (χ1v) is 10.0. The van der Waals surface area contributed by atoms with Crippen LogP contribution in [0.2, 0.25) is 0 Å². The van der Waals surface area contributed by atoms with Gasteiger partial charge in [0.25, 0.3) is 5.56 Å². The molecule has 3 N–H and O–H groups in total. The molecule has 0 aliphatic carbocycles. The van der Waals surface area contributed by atoms with E-state index in [4.69, 9.17) is 5.11 Å². The third-order valence-electron chi connectivity index (χ3n) is 5.50. The number of nitrogens with zero attached hydrogens (tertiary/aromatic N) is 2. The molecule has 10 heteroatoms. The number of amides is 3. The van der Waals surface area contributed by atoms with Crippen LogP contribution in [0.25, 0.3) is 10.8 Å². The van der Waals surface area contributed by atoms with Crippen molar-refractivity contribution in [3.63, 3.8) is 0 Å². The average molecular weight is 432 g/mol. The number of aromatic amines is 1. The fraction of sp³-hybridized carbons (Fsp3) is 0.429. The Balaban J connectivity index is 1.58. The number of hydrogen-bond acceptors (Lipinski definition) is 4. The van der Waals surface area contributed by atoms with Gasteiger partial charge in [0.15, 0.2) is 0 Å². The Kier molecular flexibility index (Phi) is 6.57. The van der Waals surface area contributed by atoms with E-state index in [0.29, 0.717) is 43.7 Å². The first-order valence-electron chi connectivity index (χ1n) is 10.0. The molecule has 0 radical (unpaired) electrons. The van der Waals surface area contributed by atoms with Crippen molar-refractivity contribution < 1.29 is 23.9 Å². The smallest absolute Gasteiger partial charge is 0.405 e. The van der Waals surface area contributed by atoms with Crippen LogP contribution in [0.1, 0.15) is 24.6 Å². The number of nitrogens with one attached hydrogen (secondary N) is 2. The van der Waals surface area contributed by atoms with E-state index in [1.54, 1.807) is 24.0 Å². The molecule has 1 atom stereocenters. The minimum Gasteiger partial charge on any atom is -0.465 e. The lowest BCUT2D eigenvalue weighted by Gasteiger charge is -2.36. The minimum atomic E-state index is -1.26. The highest BCUT2D eigenvalue weighted by molar-refractivity contribution is 5.86. The number of pyridine rings is 1. The average Bonchev–Trinajstić information content (AvgIpc) is 2.73. The van der Waals surface area contributed by atoms with Crippen molar-refractivity contribution in [1.82, 2.24) is 20.1 Å². The van der Waals surface area contributed by atoms with E-state index in [0.717, 1.165) is 5.56 Å². The number of carbonyl (C=O) groups excluding carboxylic acids is 2. The molecule has 1 saturated heterocycles. The van der Waals surface area contributed by atoms with Gasteiger partial charge in [0, 0.05) is 38.3 Å².